The highest BCUT2D eigenvalue weighted by atomic mass is 35.5. The van der Waals surface area contributed by atoms with Crippen LogP contribution in [0, 0.1) is 11.6 Å². The molecule has 0 radical (unpaired) electrons. The summed E-state index contributed by atoms with van der Waals surface area (Å²) in [5.74, 6) is -2.62. The van der Waals surface area contributed by atoms with Gasteiger partial charge >= 0.3 is 6.03 Å². The number of hydrogen-bond acceptors (Lipinski definition) is 3. The molecule has 4 rings (SSSR count). The fourth-order valence-electron chi connectivity index (χ4n) is 3.90. The van der Waals surface area contributed by atoms with Crippen molar-refractivity contribution in [1.82, 2.24) is 15.1 Å². The maximum absolute atomic E-state index is 13.9. The van der Waals surface area contributed by atoms with Gasteiger partial charge in [-0.15, -0.1) is 0 Å². The fourth-order valence-corrected chi connectivity index (χ4v) is 4.11. The molecule has 0 saturated carbocycles. The minimum atomic E-state index is -1.09. The van der Waals surface area contributed by atoms with Crippen molar-refractivity contribution < 1.29 is 23.2 Å². The third-order valence-corrected chi connectivity index (χ3v) is 5.78. The minimum absolute atomic E-state index is 0.0937. The number of halogens is 3. The fraction of sp³-hybridized carbons (Fsp3) is 0.286. The lowest BCUT2D eigenvalue weighted by Crippen LogP contribution is -2.55. The third-order valence-electron chi connectivity index (χ3n) is 5.54. The first-order valence-electron chi connectivity index (χ1n) is 9.42. The summed E-state index contributed by atoms with van der Waals surface area (Å²) in [7, 11) is 0. The van der Waals surface area contributed by atoms with Crippen LogP contribution in [0.5, 0.6) is 0 Å². The average molecular weight is 434 g/mol. The lowest BCUT2D eigenvalue weighted by Gasteiger charge is -2.37. The lowest BCUT2D eigenvalue weighted by atomic mass is 9.87. The highest BCUT2D eigenvalue weighted by molar-refractivity contribution is 6.30. The molecule has 2 aromatic carbocycles. The highest BCUT2D eigenvalue weighted by Crippen LogP contribution is 2.31. The van der Waals surface area contributed by atoms with Crippen molar-refractivity contribution in [3.05, 3.63) is 70.2 Å². The number of nitrogens with zero attached hydrogens (tertiary/aromatic N) is 2. The number of carbonyl (C=O) groups is 3. The molecule has 30 heavy (non-hydrogen) atoms. The summed E-state index contributed by atoms with van der Waals surface area (Å²) in [5.41, 5.74) is -0.590. The molecule has 0 atom stereocenters. The molecule has 1 spiro atoms. The number of rotatable bonds is 3. The van der Waals surface area contributed by atoms with Gasteiger partial charge in [-0.25, -0.2) is 13.6 Å². The van der Waals surface area contributed by atoms with E-state index in [0.29, 0.717) is 11.1 Å². The van der Waals surface area contributed by atoms with E-state index >= 15 is 0 Å². The van der Waals surface area contributed by atoms with Gasteiger partial charge < -0.3 is 10.2 Å². The predicted molar refractivity (Wildman–Crippen MR) is 105 cm³/mol. The van der Waals surface area contributed by atoms with Crippen LogP contribution in [0.4, 0.5) is 13.6 Å². The lowest BCUT2D eigenvalue weighted by molar-refractivity contribution is -0.133. The van der Waals surface area contributed by atoms with Crippen molar-refractivity contribution in [2.75, 3.05) is 13.1 Å². The number of nitrogens with one attached hydrogen (secondary N) is 1. The quantitative estimate of drug-likeness (QED) is 0.755. The maximum atomic E-state index is 13.9. The SMILES string of the molecule is O=C(c1ccc(F)cc1F)N1CCC2(CC1)NC(=O)N(Cc1cccc(Cl)c1)C2=O. The van der Waals surface area contributed by atoms with E-state index in [1.807, 2.05) is 0 Å². The van der Waals surface area contributed by atoms with Gasteiger partial charge in [0, 0.05) is 24.2 Å². The molecule has 9 heteroatoms. The number of imide groups is 1. The van der Waals surface area contributed by atoms with Crippen LogP contribution in [-0.2, 0) is 11.3 Å². The molecule has 2 heterocycles. The average Bonchev–Trinajstić information content (AvgIpc) is 2.92. The third kappa shape index (κ3) is 3.63. The highest BCUT2D eigenvalue weighted by Gasteiger charge is 2.52. The molecule has 0 bridgehead atoms. The molecular weight excluding hydrogens is 416 g/mol. The second-order valence-corrected chi connectivity index (χ2v) is 7.89. The molecule has 6 nitrogen and oxygen atoms in total. The van der Waals surface area contributed by atoms with Crippen molar-refractivity contribution in [2.45, 2.75) is 24.9 Å². The first-order chi connectivity index (χ1) is 14.3. The van der Waals surface area contributed by atoms with Crippen LogP contribution < -0.4 is 5.32 Å². The molecule has 1 N–H and O–H groups in total. The first kappa shape index (κ1) is 20.3. The molecule has 0 unspecified atom stereocenters. The molecule has 4 amide bonds. The Labute approximate surface area is 176 Å². The summed E-state index contributed by atoms with van der Waals surface area (Å²) < 4.78 is 27.0. The van der Waals surface area contributed by atoms with E-state index in [1.54, 1.807) is 24.3 Å². The van der Waals surface area contributed by atoms with E-state index in [-0.39, 0.29) is 43.9 Å². The van der Waals surface area contributed by atoms with Crippen LogP contribution in [0.15, 0.2) is 42.5 Å². The van der Waals surface area contributed by atoms with Gasteiger partial charge in [-0.2, -0.15) is 0 Å². The van der Waals surface area contributed by atoms with Crippen LogP contribution in [0.2, 0.25) is 5.02 Å². The Hall–Kier alpha value is -3.00. The van der Waals surface area contributed by atoms with Crippen molar-refractivity contribution in [2.24, 2.45) is 0 Å². The maximum Gasteiger partial charge on any atom is 0.325 e. The molecule has 156 valence electrons. The van der Waals surface area contributed by atoms with Gasteiger partial charge in [0.2, 0.25) is 0 Å². The standard InChI is InChI=1S/C21H18ClF2N3O3/c22-14-3-1-2-13(10-14)12-27-19(29)21(25-20(27)30)6-8-26(9-7-21)18(28)16-5-4-15(23)11-17(16)24/h1-5,10-11H,6-9,12H2,(H,25,30). The van der Waals surface area contributed by atoms with Crippen LogP contribution in [0.3, 0.4) is 0 Å². The Morgan fingerprint density at radius 2 is 1.83 bits per heavy atom. The topological polar surface area (TPSA) is 69.7 Å². The van der Waals surface area contributed by atoms with Gasteiger partial charge in [-0.05, 0) is 42.7 Å². The number of urea groups is 1. The molecule has 2 aliphatic rings. The zero-order valence-electron chi connectivity index (χ0n) is 15.8. The Balaban J connectivity index is 1.45. The van der Waals surface area contributed by atoms with Gasteiger partial charge in [-0.3, -0.25) is 14.5 Å². The normalized spacial score (nSPS) is 18.1. The molecule has 0 aliphatic carbocycles. The minimum Gasteiger partial charge on any atom is -0.338 e. The van der Waals surface area contributed by atoms with E-state index in [9.17, 15) is 23.2 Å². The van der Waals surface area contributed by atoms with Gasteiger partial charge in [0.1, 0.15) is 17.2 Å². The van der Waals surface area contributed by atoms with Gasteiger partial charge in [0.15, 0.2) is 0 Å². The number of hydrogen-bond donors (Lipinski definition) is 1. The number of piperidine rings is 1. The second kappa shape index (κ2) is 7.68. The molecule has 2 aliphatic heterocycles. The molecule has 2 aromatic rings. The zero-order chi connectivity index (χ0) is 21.5. The van der Waals surface area contributed by atoms with Crippen molar-refractivity contribution >= 4 is 29.4 Å². The predicted octanol–water partition coefficient (Wildman–Crippen LogP) is 3.35. The van der Waals surface area contributed by atoms with Crippen LogP contribution in [0.1, 0.15) is 28.8 Å². The van der Waals surface area contributed by atoms with E-state index in [4.69, 9.17) is 11.6 Å². The van der Waals surface area contributed by atoms with E-state index in [0.717, 1.165) is 22.6 Å². The van der Waals surface area contributed by atoms with Crippen molar-refractivity contribution in [3.8, 4) is 0 Å². The number of benzene rings is 2. The van der Waals surface area contributed by atoms with Crippen molar-refractivity contribution in [1.29, 1.82) is 0 Å². The smallest absolute Gasteiger partial charge is 0.325 e. The number of amides is 4. The van der Waals surface area contributed by atoms with E-state index < -0.39 is 29.1 Å². The second-order valence-electron chi connectivity index (χ2n) is 7.45. The summed E-state index contributed by atoms with van der Waals surface area (Å²) in [6.45, 7) is 0.412. The first-order valence-corrected chi connectivity index (χ1v) is 9.80. The molecule has 0 aromatic heterocycles. The number of carbonyl (C=O) groups excluding carboxylic acids is 3. The zero-order valence-corrected chi connectivity index (χ0v) is 16.6. The number of likely N-dealkylation sites (tertiary alicyclic amines) is 1. The summed E-state index contributed by atoms with van der Waals surface area (Å²) in [5, 5.41) is 3.27. The van der Waals surface area contributed by atoms with Gasteiger partial charge in [0.25, 0.3) is 11.8 Å². The summed E-state index contributed by atoms with van der Waals surface area (Å²) >= 11 is 5.97. The van der Waals surface area contributed by atoms with Crippen LogP contribution in [-0.4, -0.2) is 46.3 Å². The largest absolute Gasteiger partial charge is 0.338 e. The van der Waals surface area contributed by atoms with Crippen LogP contribution in [0.25, 0.3) is 0 Å². The van der Waals surface area contributed by atoms with Gasteiger partial charge in [-0.1, -0.05) is 23.7 Å². The summed E-state index contributed by atoms with van der Waals surface area (Å²) in [6, 6.07) is 9.20. The Morgan fingerprint density at radius 3 is 2.50 bits per heavy atom. The monoisotopic (exact) mass is 433 g/mol. The molecule has 2 saturated heterocycles. The summed E-state index contributed by atoms with van der Waals surface area (Å²) in [4.78, 5) is 40.6. The summed E-state index contributed by atoms with van der Waals surface area (Å²) in [6.07, 6.45) is 0.413. The van der Waals surface area contributed by atoms with Gasteiger partial charge in [0.05, 0.1) is 12.1 Å². The van der Waals surface area contributed by atoms with Crippen molar-refractivity contribution in [3.63, 3.8) is 0 Å². The molecular formula is C21H18ClF2N3O3. The Kier molecular flexibility index (Phi) is 5.19. The van der Waals surface area contributed by atoms with E-state index in [1.165, 1.54) is 4.90 Å². The van der Waals surface area contributed by atoms with E-state index in [2.05, 4.69) is 5.32 Å². The Morgan fingerprint density at radius 1 is 1.10 bits per heavy atom. The molecule has 2 fully saturated rings. The Bertz CT molecular complexity index is 1040. The van der Waals surface area contributed by atoms with Crippen LogP contribution >= 0.6 is 11.6 Å².